The number of nitrogens with zero attached hydrogens (tertiary/aromatic N) is 3. The molecule has 1 N–H and O–H groups in total. The van der Waals surface area contributed by atoms with Crippen molar-refractivity contribution in [3.8, 4) is 0 Å². The Labute approximate surface area is 185 Å². The van der Waals surface area contributed by atoms with E-state index in [9.17, 15) is 4.79 Å². The number of benzene rings is 2. The lowest BCUT2D eigenvalue weighted by Crippen LogP contribution is -2.25. The summed E-state index contributed by atoms with van der Waals surface area (Å²) in [7, 11) is 0. The van der Waals surface area contributed by atoms with Gasteiger partial charge in [0.15, 0.2) is 0 Å². The van der Waals surface area contributed by atoms with Gasteiger partial charge in [0, 0.05) is 34.1 Å². The second-order valence-corrected chi connectivity index (χ2v) is 8.23. The minimum absolute atomic E-state index is 0.101. The van der Waals surface area contributed by atoms with E-state index in [2.05, 4.69) is 28.0 Å². The van der Waals surface area contributed by atoms with Gasteiger partial charge < -0.3 is 5.32 Å². The molecule has 2 heterocycles. The summed E-state index contributed by atoms with van der Waals surface area (Å²) >= 11 is 1.56. The van der Waals surface area contributed by atoms with E-state index in [4.69, 9.17) is 0 Å². The molecule has 0 atom stereocenters. The van der Waals surface area contributed by atoms with Gasteiger partial charge in [-0.3, -0.25) is 9.78 Å². The van der Waals surface area contributed by atoms with Crippen molar-refractivity contribution in [2.24, 2.45) is 0 Å². The first kappa shape index (κ1) is 20.6. The number of fused-ring (bicyclic) bond motifs is 1. The van der Waals surface area contributed by atoms with E-state index in [0.717, 1.165) is 32.0 Å². The van der Waals surface area contributed by atoms with Crippen molar-refractivity contribution in [1.82, 2.24) is 20.1 Å². The average Bonchev–Trinajstić information content (AvgIpc) is 3.19. The number of carbonyl (C=O) groups is 1. The molecule has 2 aromatic carbocycles. The third kappa shape index (κ3) is 5.10. The van der Waals surface area contributed by atoms with Gasteiger partial charge in [-0.05, 0) is 49.4 Å². The van der Waals surface area contributed by atoms with Gasteiger partial charge in [-0.25, -0.2) is 4.68 Å². The fourth-order valence-electron chi connectivity index (χ4n) is 3.02. The van der Waals surface area contributed by atoms with Crippen LogP contribution in [-0.4, -0.2) is 27.2 Å². The van der Waals surface area contributed by atoms with Crippen molar-refractivity contribution < 1.29 is 4.79 Å². The van der Waals surface area contributed by atoms with E-state index in [0.29, 0.717) is 12.1 Å². The Kier molecular flexibility index (Phi) is 6.29. The minimum Gasteiger partial charge on any atom is -0.348 e. The molecule has 0 unspecified atom stereocenters. The van der Waals surface area contributed by atoms with Crippen molar-refractivity contribution in [1.29, 1.82) is 0 Å². The zero-order valence-electron chi connectivity index (χ0n) is 17.2. The number of rotatable bonds is 7. The molecule has 0 aliphatic carbocycles. The molecule has 4 rings (SSSR count). The third-order valence-electron chi connectivity index (χ3n) is 4.55. The summed E-state index contributed by atoms with van der Waals surface area (Å²) in [5.41, 5.74) is 3.42. The Morgan fingerprint density at radius 1 is 1.16 bits per heavy atom. The Morgan fingerprint density at radius 3 is 2.81 bits per heavy atom. The predicted octanol–water partition coefficient (Wildman–Crippen LogP) is 5.52. The number of hydrogen-bond donors (Lipinski definition) is 1. The standard InChI is InChI=1S/C25H22N4OS/c1-18(2)16-27-25(30)22-8-3-4-9-24(22)31-21-11-10-19-17-28-29(23(19)15-21)14-12-20-7-5-6-13-26-20/h3-15,17H,1,16H2,2H3,(H,27,30). The summed E-state index contributed by atoms with van der Waals surface area (Å²) in [6.07, 6.45) is 7.43. The van der Waals surface area contributed by atoms with E-state index >= 15 is 0 Å². The highest BCUT2D eigenvalue weighted by atomic mass is 32.2. The normalized spacial score (nSPS) is 11.1. The fourth-order valence-corrected chi connectivity index (χ4v) is 4.00. The van der Waals surface area contributed by atoms with Crippen LogP contribution in [0.15, 0.2) is 95.0 Å². The SMILES string of the molecule is C=C(C)CNC(=O)c1ccccc1Sc1ccc2cnn(C=Cc3ccccn3)c2c1. The van der Waals surface area contributed by atoms with Crippen LogP contribution in [0.3, 0.4) is 0 Å². The van der Waals surface area contributed by atoms with Gasteiger partial charge in [0.05, 0.1) is 23.0 Å². The van der Waals surface area contributed by atoms with Gasteiger partial charge in [-0.2, -0.15) is 5.10 Å². The van der Waals surface area contributed by atoms with Gasteiger partial charge in [-0.15, -0.1) is 0 Å². The highest BCUT2D eigenvalue weighted by Crippen LogP contribution is 2.32. The van der Waals surface area contributed by atoms with Crippen LogP contribution in [0.5, 0.6) is 0 Å². The summed E-state index contributed by atoms with van der Waals surface area (Å²) in [5.74, 6) is -0.101. The van der Waals surface area contributed by atoms with E-state index in [-0.39, 0.29) is 5.91 Å². The average molecular weight is 427 g/mol. The van der Waals surface area contributed by atoms with Crippen LogP contribution >= 0.6 is 11.8 Å². The van der Waals surface area contributed by atoms with E-state index in [1.54, 1.807) is 18.0 Å². The first-order valence-electron chi connectivity index (χ1n) is 9.86. The number of carbonyl (C=O) groups excluding carboxylic acids is 1. The Bertz CT molecular complexity index is 1260. The van der Waals surface area contributed by atoms with E-state index in [1.165, 1.54) is 0 Å². The van der Waals surface area contributed by atoms with Gasteiger partial charge in [0.25, 0.3) is 5.91 Å². The lowest BCUT2D eigenvalue weighted by atomic mass is 10.2. The molecule has 0 bridgehead atoms. The molecule has 4 aromatic rings. The molecule has 0 saturated carbocycles. The number of pyridine rings is 1. The Balaban J connectivity index is 1.59. The number of amides is 1. The van der Waals surface area contributed by atoms with Crippen molar-refractivity contribution in [3.63, 3.8) is 0 Å². The van der Waals surface area contributed by atoms with Gasteiger partial charge >= 0.3 is 0 Å². The number of aromatic nitrogens is 3. The lowest BCUT2D eigenvalue weighted by molar-refractivity contribution is 0.0954. The van der Waals surface area contributed by atoms with Crippen LogP contribution in [0.25, 0.3) is 23.2 Å². The monoisotopic (exact) mass is 426 g/mol. The maximum atomic E-state index is 12.6. The summed E-state index contributed by atoms with van der Waals surface area (Å²) in [4.78, 5) is 18.8. The summed E-state index contributed by atoms with van der Waals surface area (Å²) in [6, 6.07) is 19.6. The highest BCUT2D eigenvalue weighted by Gasteiger charge is 2.12. The first-order valence-corrected chi connectivity index (χ1v) is 10.7. The van der Waals surface area contributed by atoms with Crippen LogP contribution in [0, 0.1) is 0 Å². The second kappa shape index (κ2) is 9.45. The lowest BCUT2D eigenvalue weighted by Gasteiger charge is -2.10. The van der Waals surface area contributed by atoms with Crippen molar-refractivity contribution in [2.75, 3.05) is 6.54 Å². The van der Waals surface area contributed by atoms with Crippen LogP contribution in [-0.2, 0) is 0 Å². The maximum absolute atomic E-state index is 12.6. The molecule has 0 aliphatic rings. The molecule has 5 nitrogen and oxygen atoms in total. The molecule has 2 aromatic heterocycles. The molecule has 0 radical (unpaired) electrons. The van der Waals surface area contributed by atoms with E-state index in [1.807, 2.05) is 84.7 Å². The smallest absolute Gasteiger partial charge is 0.252 e. The molecule has 154 valence electrons. The van der Waals surface area contributed by atoms with Gasteiger partial charge in [0.2, 0.25) is 0 Å². The van der Waals surface area contributed by atoms with Crippen molar-refractivity contribution in [3.05, 3.63) is 96.5 Å². The molecule has 31 heavy (non-hydrogen) atoms. The van der Waals surface area contributed by atoms with E-state index < -0.39 is 0 Å². The first-order chi connectivity index (χ1) is 15.1. The fraction of sp³-hybridized carbons (Fsp3) is 0.0800. The quantitative estimate of drug-likeness (QED) is 0.396. The zero-order valence-corrected chi connectivity index (χ0v) is 18.0. The molecule has 0 fully saturated rings. The van der Waals surface area contributed by atoms with Crippen LogP contribution in [0.2, 0.25) is 0 Å². The molecule has 1 amide bonds. The van der Waals surface area contributed by atoms with Gasteiger partial charge in [0.1, 0.15) is 0 Å². The minimum atomic E-state index is -0.101. The predicted molar refractivity (Wildman–Crippen MR) is 127 cm³/mol. The molecule has 0 saturated heterocycles. The highest BCUT2D eigenvalue weighted by molar-refractivity contribution is 7.99. The largest absolute Gasteiger partial charge is 0.348 e. The van der Waals surface area contributed by atoms with Gasteiger partial charge in [-0.1, -0.05) is 48.2 Å². The Morgan fingerprint density at radius 2 is 2.00 bits per heavy atom. The second-order valence-electron chi connectivity index (χ2n) is 7.12. The van der Waals surface area contributed by atoms with Crippen molar-refractivity contribution >= 4 is 40.8 Å². The zero-order chi connectivity index (χ0) is 21.6. The number of hydrogen-bond acceptors (Lipinski definition) is 4. The van der Waals surface area contributed by atoms with Crippen LogP contribution in [0.1, 0.15) is 23.0 Å². The molecule has 6 heteroatoms. The van der Waals surface area contributed by atoms with Crippen molar-refractivity contribution in [2.45, 2.75) is 16.7 Å². The van der Waals surface area contributed by atoms with Crippen LogP contribution < -0.4 is 5.32 Å². The summed E-state index contributed by atoms with van der Waals surface area (Å²) in [6.45, 7) is 6.19. The molecule has 0 aliphatic heterocycles. The molecular formula is C25H22N4OS. The maximum Gasteiger partial charge on any atom is 0.252 e. The third-order valence-corrected chi connectivity index (χ3v) is 5.62. The van der Waals surface area contributed by atoms with Crippen LogP contribution in [0.4, 0.5) is 0 Å². The summed E-state index contributed by atoms with van der Waals surface area (Å²) < 4.78 is 1.83. The Hall–Kier alpha value is -3.64. The molecule has 0 spiro atoms. The topological polar surface area (TPSA) is 59.8 Å². The summed E-state index contributed by atoms with van der Waals surface area (Å²) in [5, 5.41) is 8.42. The number of nitrogens with one attached hydrogen (secondary N) is 1. The molecular weight excluding hydrogens is 404 g/mol.